The molecule has 5 nitrogen and oxygen atoms in total. The van der Waals surface area contributed by atoms with Gasteiger partial charge < -0.3 is 0 Å². The molecule has 1 fully saturated rings. The fourth-order valence-corrected chi connectivity index (χ4v) is 3.27. The van der Waals surface area contributed by atoms with E-state index in [-0.39, 0.29) is 11.6 Å². The summed E-state index contributed by atoms with van der Waals surface area (Å²) < 4.78 is 2.04. The summed E-state index contributed by atoms with van der Waals surface area (Å²) in [6.07, 6.45) is 5.51. The SMILES string of the molecule is CCn1nccc1C(NN)C(C)(CC)N1CCCC1. The van der Waals surface area contributed by atoms with Crippen molar-refractivity contribution in [3.05, 3.63) is 18.0 Å². The van der Waals surface area contributed by atoms with Gasteiger partial charge in [0.25, 0.3) is 0 Å². The Hall–Kier alpha value is -0.910. The molecule has 0 amide bonds. The molecule has 1 aromatic rings. The Labute approximate surface area is 116 Å². The first kappa shape index (κ1) is 14.5. The summed E-state index contributed by atoms with van der Waals surface area (Å²) in [6.45, 7) is 9.89. The van der Waals surface area contributed by atoms with Crippen molar-refractivity contribution in [3.8, 4) is 0 Å². The van der Waals surface area contributed by atoms with Crippen LogP contribution in [0.4, 0.5) is 0 Å². The van der Waals surface area contributed by atoms with Crippen LogP contribution in [0.1, 0.15) is 51.8 Å². The van der Waals surface area contributed by atoms with E-state index in [1.807, 2.05) is 10.9 Å². The highest BCUT2D eigenvalue weighted by molar-refractivity contribution is 5.14. The van der Waals surface area contributed by atoms with Crippen molar-refractivity contribution in [3.63, 3.8) is 0 Å². The molecule has 19 heavy (non-hydrogen) atoms. The van der Waals surface area contributed by atoms with Gasteiger partial charge in [0, 0.05) is 18.3 Å². The van der Waals surface area contributed by atoms with E-state index in [0.29, 0.717) is 0 Å². The van der Waals surface area contributed by atoms with E-state index < -0.39 is 0 Å². The molecule has 0 saturated carbocycles. The smallest absolute Gasteiger partial charge is 0.0809 e. The molecule has 2 unspecified atom stereocenters. The number of aryl methyl sites for hydroxylation is 1. The van der Waals surface area contributed by atoms with Crippen molar-refractivity contribution in [2.45, 2.75) is 58.2 Å². The Balaban J connectivity index is 2.32. The molecule has 1 aliphatic heterocycles. The zero-order valence-corrected chi connectivity index (χ0v) is 12.4. The molecule has 0 spiro atoms. The van der Waals surface area contributed by atoms with Gasteiger partial charge in [-0.15, -0.1) is 0 Å². The van der Waals surface area contributed by atoms with Crippen molar-refractivity contribution in [1.29, 1.82) is 0 Å². The van der Waals surface area contributed by atoms with E-state index >= 15 is 0 Å². The minimum Gasteiger partial charge on any atom is -0.296 e. The van der Waals surface area contributed by atoms with Crippen LogP contribution >= 0.6 is 0 Å². The molecular weight excluding hydrogens is 238 g/mol. The number of aromatic nitrogens is 2. The quantitative estimate of drug-likeness (QED) is 0.607. The molecule has 0 aliphatic carbocycles. The maximum atomic E-state index is 5.90. The summed E-state index contributed by atoms with van der Waals surface area (Å²) >= 11 is 0. The predicted octanol–water partition coefficient (Wildman–Crippen LogP) is 1.67. The third kappa shape index (κ3) is 2.55. The minimum atomic E-state index is 0.0399. The maximum Gasteiger partial charge on any atom is 0.0809 e. The van der Waals surface area contributed by atoms with Crippen LogP contribution in [0.3, 0.4) is 0 Å². The fourth-order valence-electron chi connectivity index (χ4n) is 3.27. The number of hydrogen-bond acceptors (Lipinski definition) is 4. The lowest BCUT2D eigenvalue weighted by Gasteiger charge is -2.44. The standard InChI is InChI=1S/C14H27N5/c1-4-14(3,18-10-6-7-11-18)13(17-15)12-8-9-16-19(12)5-2/h8-9,13,17H,4-7,10-11,15H2,1-3H3. The molecule has 2 rings (SSSR count). The molecule has 5 heteroatoms. The Morgan fingerprint density at radius 2 is 2.11 bits per heavy atom. The monoisotopic (exact) mass is 265 g/mol. The average Bonchev–Trinajstić information content (AvgIpc) is 3.10. The van der Waals surface area contributed by atoms with Crippen LogP contribution in [-0.2, 0) is 6.54 Å². The van der Waals surface area contributed by atoms with Gasteiger partial charge in [0.15, 0.2) is 0 Å². The molecule has 1 saturated heterocycles. The molecule has 1 aromatic heterocycles. The zero-order chi connectivity index (χ0) is 13.9. The summed E-state index contributed by atoms with van der Waals surface area (Å²) in [5.41, 5.74) is 4.27. The first-order chi connectivity index (χ1) is 9.17. The van der Waals surface area contributed by atoms with Gasteiger partial charge in [0.1, 0.15) is 0 Å². The third-order valence-corrected chi connectivity index (χ3v) is 4.68. The average molecular weight is 265 g/mol. The lowest BCUT2D eigenvalue weighted by atomic mass is 9.85. The molecule has 0 aromatic carbocycles. The summed E-state index contributed by atoms with van der Waals surface area (Å²) in [4.78, 5) is 2.57. The fraction of sp³-hybridized carbons (Fsp3) is 0.786. The van der Waals surface area contributed by atoms with Crippen molar-refractivity contribution < 1.29 is 0 Å². The highest BCUT2D eigenvalue weighted by Gasteiger charge is 2.41. The largest absolute Gasteiger partial charge is 0.296 e. The van der Waals surface area contributed by atoms with E-state index in [1.54, 1.807) is 0 Å². The highest BCUT2D eigenvalue weighted by Crippen LogP contribution is 2.35. The van der Waals surface area contributed by atoms with Crippen LogP contribution < -0.4 is 11.3 Å². The number of likely N-dealkylation sites (tertiary alicyclic amines) is 1. The van der Waals surface area contributed by atoms with Crippen LogP contribution in [0.15, 0.2) is 12.3 Å². The van der Waals surface area contributed by atoms with E-state index in [2.05, 4.69) is 42.3 Å². The lowest BCUT2D eigenvalue weighted by Crippen LogP contribution is -2.55. The Kier molecular flexibility index (Phi) is 4.60. The number of nitrogens with two attached hydrogens (primary N) is 1. The van der Waals surface area contributed by atoms with Crippen molar-refractivity contribution >= 4 is 0 Å². The first-order valence-electron chi connectivity index (χ1n) is 7.40. The first-order valence-corrected chi connectivity index (χ1v) is 7.40. The molecular formula is C14H27N5. The van der Waals surface area contributed by atoms with Gasteiger partial charge in [-0.05, 0) is 52.3 Å². The van der Waals surface area contributed by atoms with Crippen LogP contribution in [-0.4, -0.2) is 33.3 Å². The topological polar surface area (TPSA) is 59.1 Å². The van der Waals surface area contributed by atoms with Gasteiger partial charge >= 0.3 is 0 Å². The van der Waals surface area contributed by atoms with Gasteiger partial charge in [-0.3, -0.25) is 15.4 Å². The van der Waals surface area contributed by atoms with Crippen LogP contribution in [0.25, 0.3) is 0 Å². The van der Waals surface area contributed by atoms with Gasteiger partial charge in [-0.2, -0.15) is 5.10 Å². The second-order valence-electron chi connectivity index (χ2n) is 5.58. The van der Waals surface area contributed by atoms with Crippen LogP contribution in [0.5, 0.6) is 0 Å². The van der Waals surface area contributed by atoms with E-state index in [0.717, 1.165) is 13.0 Å². The summed E-state index contributed by atoms with van der Waals surface area (Å²) in [5, 5.41) is 4.38. The van der Waals surface area contributed by atoms with E-state index in [1.165, 1.54) is 31.6 Å². The lowest BCUT2D eigenvalue weighted by molar-refractivity contribution is 0.0802. The van der Waals surface area contributed by atoms with E-state index in [9.17, 15) is 0 Å². The summed E-state index contributed by atoms with van der Waals surface area (Å²) in [6, 6.07) is 2.19. The normalized spacial score (nSPS) is 21.5. The van der Waals surface area contributed by atoms with Crippen molar-refractivity contribution in [2.75, 3.05) is 13.1 Å². The predicted molar refractivity (Wildman–Crippen MR) is 77.5 cm³/mol. The van der Waals surface area contributed by atoms with Gasteiger partial charge in [-0.25, -0.2) is 5.43 Å². The maximum absolute atomic E-state index is 5.90. The molecule has 3 N–H and O–H groups in total. The number of rotatable bonds is 6. The van der Waals surface area contributed by atoms with Crippen molar-refractivity contribution in [1.82, 2.24) is 20.1 Å². The van der Waals surface area contributed by atoms with Crippen molar-refractivity contribution in [2.24, 2.45) is 5.84 Å². The Bertz CT molecular complexity index is 396. The molecule has 2 atom stereocenters. The molecule has 1 aliphatic rings. The van der Waals surface area contributed by atoms with Crippen LogP contribution in [0.2, 0.25) is 0 Å². The Morgan fingerprint density at radius 1 is 1.42 bits per heavy atom. The van der Waals surface area contributed by atoms with Gasteiger partial charge in [0.2, 0.25) is 0 Å². The third-order valence-electron chi connectivity index (χ3n) is 4.68. The minimum absolute atomic E-state index is 0.0399. The number of nitrogens with one attached hydrogen (secondary N) is 1. The second-order valence-corrected chi connectivity index (χ2v) is 5.58. The number of nitrogens with zero attached hydrogens (tertiary/aromatic N) is 3. The Morgan fingerprint density at radius 3 is 2.63 bits per heavy atom. The number of hydrazine groups is 1. The summed E-state index contributed by atoms with van der Waals surface area (Å²) in [7, 11) is 0. The second kappa shape index (κ2) is 6.03. The van der Waals surface area contributed by atoms with Crippen LogP contribution in [0, 0.1) is 0 Å². The summed E-state index contributed by atoms with van der Waals surface area (Å²) in [5.74, 6) is 5.90. The van der Waals surface area contributed by atoms with Gasteiger partial charge in [0.05, 0.1) is 11.7 Å². The molecule has 0 bridgehead atoms. The molecule has 108 valence electrons. The molecule has 2 heterocycles. The van der Waals surface area contributed by atoms with Gasteiger partial charge in [-0.1, -0.05) is 6.92 Å². The highest BCUT2D eigenvalue weighted by atomic mass is 15.4. The van der Waals surface area contributed by atoms with E-state index in [4.69, 9.17) is 5.84 Å². The molecule has 0 radical (unpaired) electrons. The number of hydrogen-bond donors (Lipinski definition) is 2. The zero-order valence-electron chi connectivity index (χ0n) is 12.4.